The van der Waals surface area contributed by atoms with Crippen molar-refractivity contribution in [2.75, 3.05) is 26.7 Å². The molecule has 0 unspecified atom stereocenters. The lowest BCUT2D eigenvalue weighted by Gasteiger charge is -2.31. The fourth-order valence-corrected chi connectivity index (χ4v) is 2.87. The zero-order valence-corrected chi connectivity index (χ0v) is 11.3. The van der Waals surface area contributed by atoms with Crippen molar-refractivity contribution in [2.24, 2.45) is 0 Å². The van der Waals surface area contributed by atoms with E-state index in [0.29, 0.717) is 6.04 Å². The van der Waals surface area contributed by atoms with Gasteiger partial charge in [-0.3, -0.25) is 4.79 Å². The molecule has 1 N–H and O–H groups in total. The topological polar surface area (TPSA) is 41.6 Å². The predicted octanol–water partition coefficient (Wildman–Crippen LogP) is 1.45. The molecule has 102 valence electrons. The van der Waals surface area contributed by atoms with E-state index < -0.39 is 0 Å². The average molecular weight is 260 g/mol. The first-order valence-corrected chi connectivity index (χ1v) is 7.00. The quantitative estimate of drug-likeness (QED) is 0.875. The van der Waals surface area contributed by atoms with Gasteiger partial charge in [0.25, 0.3) is 5.91 Å². The van der Waals surface area contributed by atoms with E-state index in [1.165, 1.54) is 0 Å². The highest BCUT2D eigenvalue weighted by Gasteiger charge is 2.23. The molecule has 4 nitrogen and oxygen atoms in total. The van der Waals surface area contributed by atoms with Crippen molar-refractivity contribution in [3.8, 4) is 5.75 Å². The number of rotatable bonds is 2. The largest absolute Gasteiger partial charge is 0.493 e. The predicted molar refractivity (Wildman–Crippen MR) is 73.6 cm³/mol. The highest BCUT2D eigenvalue weighted by Crippen LogP contribution is 2.26. The van der Waals surface area contributed by atoms with Gasteiger partial charge in [-0.15, -0.1) is 0 Å². The molecule has 1 amide bonds. The van der Waals surface area contributed by atoms with Crippen LogP contribution < -0.4 is 10.1 Å². The molecule has 0 radical (unpaired) electrons. The van der Waals surface area contributed by atoms with Crippen molar-refractivity contribution in [3.63, 3.8) is 0 Å². The van der Waals surface area contributed by atoms with Gasteiger partial charge in [0.2, 0.25) is 0 Å². The number of benzene rings is 1. The highest BCUT2D eigenvalue weighted by atomic mass is 16.5. The minimum absolute atomic E-state index is 0.157. The molecule has 0 aromatic heterocycles. The van der Waals surface area contributed by atoms with Gasteiger partial charge in [0.15, 0.2) is 0 Å². The molecule has 4 heteroatoms. The van der Waals surface area contributed by atoms with Crippen LogP contribution in [0.25, 0.3) is 0 Å². The Bertz CT molecular complexity index is 479. The summed E-state index contributed by atoms with van der Waals surface area (Å²) in [6.45, 7) is 2.43. The Morgan fingerprint density at radius 1 is 1.37 bits per heavy atom. The second kappa shape index (κ2) is 5.21. The molecule has 0 saturated carbocycles. The van der Waals surface area contributed by atoms with E-state index in [2.05, 4.69) is 5.32 Å². The third kappa shape index (κ3) is 2.45. The molecule has 0 aliphatic carbocycles. The number of carbonyl (C=O) groups is 1. The van der Waals surface area contributed by atoms with Gasteiger partial charge >= 0.3 is 0 Å². The Labute approximate surface area is 113 Å². The summed E-state index contributed by atoms with van der Waals surface area (Å²) in [5.74, 6) is 1.09. The van der Waals surface area contributed by atoms with E-state index in [9.17, 15) is 4.79 Å². The van der Waals surface area contributed by atoms with Crippen molar-refractivity contribution in [2.45, 2.75) is 25.3 Å². The standard InChI is InChI=1S/C15H20N2O2/c1-16-13-4-7-17(8-5-13)15(18)12-2-3-14-11(10-12)6-9-19-14/h2-3,10,13,16H,4-9H2,1H3. The van der Waals surface area contributed by atoms with Crippen molar-refractivity contribution >= 4 is 5.91 Å². The first-order chi connectivity index (χ1) is 9.28. The Morgan fingerprint density at radius 3 is 2.89 bits per heavy atom. The molecule has 0 spiro atoms. The van der Waals surface area contributed by atoms with Gasteiger partial charge in [0.1, 0.15) is 5.75 Å². The average Bonchev–Trinajstić information content (AvgIpc) is 2.94. The van der Waals surface area contributed by atoms with E-state index >= 15 is 0 Å². The molecule has 1 aromatic rings. The van der Waals surface area contributed by atoms with Crippen LogP contribution in [0.3, 0.4) is 0 Å². The van der Waals surface area contributed by atoms with Crippen LogP contribution in [0.1, 0.15) is 28.8 Å². The summed E-state index contributed by atoms with van der Waals surface area (Å²) in [5.41, 5.74) is 1.96. The second-order valence-electron chi connectivity index (χ2n) is 5.28. The van der Waals surface area contributed by atoms with Crippen LogP contribution in [0.15, 0.2) is 18.2 Å². The first kappa shape index (κ1) is 12.5. The summed E-state index contributed by atoms with van der Waals surface area (Å²) in [6.07, 6.45) is 2.99. The maximum absolute atomic E-state index is 12.5. The molecule has 1 saturated heterocycles. The number of carbonyl (C=O) groups excluding carboxylic acids is 1. The normalized spacial score (nSPS) is 19.1. The monoisotopic (exact) mass is 260 g/mol. The van der Waals surface area contributed by atoms with Crippen LogP contribution >= 0.6 is 0 Å². The minimum Gasteiger partial charge on any atom is -0.493 e. The summed E-state index contributed by atoms with van der Waals surface area (Å²) in [6, 6.07) is 6.36. The summed E-state index contributed by atoms with van der Waals surface area (Å²) >= 11 is 0. The van der Waals surface area contributed by atoms with Crippen molar-refractivity contribution in [1.29, 1.82) is 0 Å². The lowest BCUT2D eigenvalue weighted by molar-refractivity contribution is 0.0707. The molecule has 19 heavy (non-hydrogen) atoms. The molecule has 0 bridgehead atoms. The van der Waals surface area contributed by atoms with Gasteiger partial charge in [-0.2, -0.15) is 0 Å². The number of fused-ring (bicyclic) bond motifs is 1. The summed E-state index contributed by atoms with van der Waals surface area (Å²) in [7, 11) is 1.99. The van der Waals surface area contributed by atoms with Crippen molar-refractivity contribution in [1.82, 2.24) is 10.2 Å². The lowest BCUT2D eigenvalue weighted by atomic mass is 10.0. The van der Waals surface area contributed by atoms with E-state index in [1.807, 2.05) is 30.1 Å². The van der Waals surface area contributed by atoms with Crippen molar-refractivity contribution in [3.05, 3.63) is 29.3 Å². The number of piperidine rings is 1. The summed E-state index contributed by atoms with van der Waals surface area (Å²) in [4.78, 5) is 14.4. The molecule has 1 aromatic carbocycles. The number of likely N-dealkylation sites (tertiary alicyclic amines) is 1. The SMILES string of the molecule is CNC1CCN(C(=O)c2ccc3c(c2)CCO3)CC1. The number of hydrogen-bond donors (Lipinski definition) is 1. The summed E-state index contributed by atoms with van der Waals surface area (Å²) < 4.78 is 5.47. The maximum atomic E-state index is 12.5. The zero-order chi connectivity index (χ0) is 13.2. The second-order valence-corrected chi connectivity index (χ2v) is 5.28. The minimum atomic E-state index is 0.157. The lowest BCUT2D eigenvalue weighted by Crippen LogP contribution is -2.43. The zero-order valence-electron chi connectivity index (χ0n) is 11.3. The van der Waals surface area contributed by atoms with E-state index in [4.69, 9.17) is 4.74 Å². The van der Waals surface area contributed by atoms with Crippen LogP contribution in [0.2, 0.25) is 0 Å². The smallest absolute Gasteiger partial charge is 0.253 e. The van der Waals surface area contributed by atoms with Crippen LogP contribution in [0.5, 0.6) is 5.75 Å². The van der Waals surface area contributed by atoms with Gasteiger partial charge < -0.3 is 15.0 Å². The Balaban J connectivity index is 1.70. The van der Waals surface area contributed by atoms with Gasteiger partial charge in [0.05, 0.1) is 6.61 Å². The van der Waals surface area contributed by atoms with Gasteiger partial charge in [-0.05, 0) is 43.7 Å². The molecular weight excluding hydrogens is 240 g/mol. The fourth-order valence-electron chi connectivity index (χ4n) is 2.87. The number of nitrogens with one attached hydrogen (secondary N) is 1. The maximum Gasteiger partial charge on any atom is 0.253 e. The van der Waals surface area contributed by atoms with Crippen LogP contribution in [0.4, 0.5) is 0 Å². The summed E-state index contributed by atoms with van der Waals surface area (Å²) in [5, 5.41) is 3.28. The first-order valence-electron chi connectivity index (χ1n) is 7.00. The Kier molecular flexibility index (Phi) is 3.42. The molecule has 0 atom stereocenters. The number of ether oxygens (including phenoxy) is 1. The van der Waals surface area contributed by atoms with Gasteiger partial charge in [-0.25, -0.2) is 0 Å². The van der Waals surface area contributed by atoms with Gasteiger partial charge in [0, 0.05) is 31.1 Å². The molecule has 2 heterocycles. The van der Waals surface area contributed by atoms with Crippen LogP contribution in [0, 0.1) is 0 Å². The number of hydrogen-bond acceptors (Lipinski definition) is 3. The third-order valence-corrected chi connectivity index (χ3v) is 4.13. The molecule has 1 fully saturated rings. The van der Waals surface area contributed by atoms with E-state index in [0.717, 1.165) is 55.8 Å². The number of amides is 1. The van der Waals surface area contributed by atoms with Crippen LogP contribution in [-0.2, 0) is 6.42 Å². The van der Waals surface area contributed by atoms with Crippen LogP contribution in [-0.4, -0.2) is 43.6 Å². The Hall–Kier alpha value is -1.55. The highest BCUT2D eigenvalue weighted by molar-refractivity contribution is 5.94. The van der Waals surface area contributed by atoms with E-state index in [-0.39, 0.29) is 5.91 Å². The third-order valence-electron chi connectivity index (χ3n) is 4.13. The fraction of sp³-hybridized carbons (Fsp3) is 0.533. The molecule has 3 rings (SSSR count). The Morgan fingerprint density at radius 2 is 2.16 bits per heavy atom. The van der Waals surface area contributed by atoms with E-state index in [1.54, 1.807) is 0 Å². The molecular formula is C15H20N2O2. The van der Waals surface area contributed by atoms with Crippen molar-refractivity contribution < 1.29 is 9.53 Å². The molecule has 2 aliphatic rings. The number of nitrogens with zero attached hydrogens (tertiary/aromatic N) is 1. The molecule has 2 aliphatic heterocycles. The van der Waals surface area contributed by atoms with Gasteiger partial charge in [-0.1, -0.05) is 0 Å².